The standard InChI is InChI=1S/C19H16ClF3N4.ClH/c20-15-7-6-13(8-14(15)19(21,22)23)17-9-18(27-11-26-17)25-10-16(24)12-4-2-1-3-5-12;/h1-9,11,16H,10,24H2,(H,25,26,27);1H. The Kier molecular flexibility index (Phi) is 7.23. The Morgan fingerprint density at radius 2 is 1.75 bits per heavy atom. The number of nitrogens with one attached hydrogen (secondary N) is 1. The summed E-state index contributed by atoms with van der Waals surface area (Å²) in [6.45, 7) is 0.412. The van der Waals surface area contributed by atoms with Crippen LogP contribution < -0.4 is 11.1 Å². The monoisotopic (exact) mass is 428 g/mol. The lowest BCUT2D eigenvalue weighted by molar-refractivity contribution is -0.137. The summed E-state index contributed by atoms with van der Waals surface area (Å²) in [5, 5.41) is 2.73. The number of hydrogen-bond donors (Lipinski definition) is 2. The van der Waals surface area contributed by atoms with Gasteiger partial charge in [0.25, 0.3) is 0 Å². The van der Waals surface area contributed by atoms with Gasteiger partial charge in [0.2, 0.25) is 0 Å². The first-order valence-corrected chi connectivity index (χ1v) is 8.46. The predicted octanol–water partition coefficient (Wildman–Crippen LogP) is 5.35. The number of halogens is 5. The highest BCUT2D eigenvalue weighted by molar-refractivity contribution is 6.31. The zero-order valence-corrected chi connectivity index (χ0v) is 16.0. The number of hydrogen-bond acceptors (Lipinski definition) is 4. The average Bonchev–Trinajstić information content (AvgIpc) is 2.66. The van der Waals surface area contributed by atoms with Crippen LogP contribution in [0.4, 0.5) is 19.0 Å². The second kappa shape index (κ2) is 9.23. The zero-order valence-electron chi connectivity index (χ0n) is 14.4. The van der Waals surface area contributed by atoms with Crippen molar-refractivity contribution in [1.82, 2.24) is 9.97 Å². The molecule has 28 heavy (non-hydrogen) atoms. The van der Waals surface area contributed by atoms with Crippen LogP contribution in [-0.2, 0) is 6.18 Å². The summed E-state index contributed by atoms with van der Waals surface area (Å²) < 4.78 is 39.2. The van der Waals surface area contributed by atoms with E-state index in [1.165, 1.54) is 18.5 Å². The molecule has 0 amide bonds. The Morgan fingerprint density at radius 1 is 1.04 bits per heavy atom. The SMILES string of the molecule is Cl.NC(CNc1cc(-c2ccc(Cl)c(C(F)(F)F)c2)ncn1)c1ccccc1. The summed E-state index contributed by atoms with van der Waals surface area (Å²) in [7, 11) is 0. The van der Waals surface area contributed by atoms with Crippen molar-refractivity contribution in [2.45, 2.75) is 12.2 Å². The highest BCUT2D eigenvalue weighted by atomic mass is 35.5. The quantitative estimate of drug-likeness (QED) is 0.574. The smallest absolute Gasteiger partial charge is 0.368 e. The molecule has 0 aliphatic heterocycles. The second-order valence-corrected chi connectivity index (χ2v) is 6.29. The lowest BCUT2D eigenvalue weighted by atomic mass is 10.1. The van der Waals surface area contributed by atoms with E-state index in [2.05, 4.69) is 15.3 Å². The summed E-state index contributed by atoms with van der Waals surface area (Å²) in [6.07, 6.45) is -3.25. The van der Waals surface area contributed by atoms with Gasteiger partial charge in [0, 0.05) is 24.2 Å². The highest BCUT2D eigenvalue weighted by Gasteiger charge is 2.33. The number of aromatic nitrogens is 2. The molecule has 4 nitrogen and oxygen atoms in total. The van der Waals surface area contributed by atoms with Crippen molar-refractivity contribution >= 4 is 29.8 Å². The molecule has 148 valence electrons. The molecule has 1 unspecified atom stereocenters. The van der Waals surface area contributed by atoms with Gasteiger partial charge in [-0.2, -0.15) is 13.2 Å². The van der Waals surface area contributed by atoms with Gasteiger partial charge in [0.15, 0.2) is 0 Å². The van der Waals surface area contributed by atoms with Gasteiger partial charge in [0.1, 0.15) is 12.1 Å². The second-order valence-electron chi connectivity index (χ2n) is 5.88. The van der Waals surface area contributed by atoms with Crippen molar-refractivity contribution in [3.8, 4) is 11.3 Å². The molecule has 0 fully saturated rings. The first-order valence-electron chi connectivity index (χ1n) is 8.08. The third-order valence-corrected chi connectivity index (χ3v) is 4.30. The van der Waals surface area contributed by atoms with Gasteiger partial charge in [-0.05, 0) is 17.7 Å². The molecule has 0 aliphatic carbocycles. The summed E-state index contributed by atoms with van der Waals surface area (Å²) in [4.78, 5) is 8.15. The average molecular weight is 429 g/mol. The summed E-state index contributed by atoms with van der Waals surface area (Å²) in [5.41, 5.74) is 6.84. The first-order chi connectivity index (χ1) is 12.8. The number of rotatable bonds is 5. The van der Waals surface area contributed by atoms with Crippen LogP contribution in [0.2, 0.25) is 5.02 Å². The van der Waals surface area contributed by atoms with Gasteiger partial charge >= 0.3 is 6.18 Å². The Morgan fingerprint density at radius 3 is 2.43 bits per heavy atom. The fraction of sp³-hybridized carbons (Fsp3) is 0.158. The summed E-state index contributed by atoms with van der Waals surface area (Å²) >= 11 is 5.66. The maximum atomic E-state index is 13.1. The van der Waals surface area contributed by atoms with Crippen LogP contribution in [0.3, 0.4) is 0 Å². The van der Waals surface area contributed by atoms with E-state index < -0.39 is 11.7 Å². The van der Waals surface area contributed by atoms with Crippen LogP contribution >= 0.6 is 24.0 Å². The minimum Gasteiger partial charge on any atom is -0.368 e. The van der Waals surface area contributed by atoms with Crippen LogP contribution in [0, 0.1) is 0 Å². The van der Waals surface area contributed by atoms with E-state index in [1.807, 2.05) is 30.3 Å². The van der Waals surface area contributed by atoms with Crippen LogP contribution in [-0.4, -0.2) is 16.5 Å². The van der Waals surface area contributed by atoms with Crippen molar-refractivity contribution in [2.24, 2.45) is 5.73 Å². The lowest BCUT2D eigenvalue weighted by Gasteiger charge is -2.14. The van der Waals surface area contributed by atoms with Crippen molar-refractivity contribution < 1.29 is 13.2 Å². The van der Waals surface area contributed by atoms with E-state index in [-0.39, 0.29) is 23.5 Å². The third kappa shape index (κ3) is 5.34. The molecule has 0 saturated heterocycles. The van der Waals surface area contributed by atoms with Gasteiger partial charge in [-0.1, -0.05) is 48.0 Å². The molecule has 0 radical (unpaired) electrons. The van der Waals surface area contributed by atoms with E-state index in [1.54, 1.807) is 6.07 Å². The van der Waals surface area contributed by atoms with Gasteiger partial charge < -0.3 is 11.1 Å². The van der Waals surface area contributed by atoms with Crippen molar-refractivity contribution in [1.29, 1.82) is 0 Å². The van der Waals surface area contributed by atoms with E-state index in [9.17, 15) is 13.2 Å². The van der Waals surface area contributed by atoms with Crippen molar-refractivity contribution in [3.05, 3.63) is 77.1 Å². The molecule has 1 heterocycles. The zero-order chi connectivity index (χ0) is 19.4. The molecule has 0 saturated carbocycles. The Labute approximate surface area is 171 Å². The maximum Gasteiger partial charge on any atom is 0.417 e. The topological polar surface area (TPSA) is 63.8 Å². The lowest BCUT2D eigenvalue weighted by Crippen LogP contribution is -2.20. The molecule has 0 aliphatic rings. The van der Waals surface area contributed by atoms with Gasteiger partial charge in [-0.3, -0.25) is 0 Å². The molecule has 1 aromatic heterocycles. The molecule has 3 N–H and O–H groups in total. The molecule has 2 aromatic carbocycles. The minimum absolute atomic E-state index is 0. The Bertz CT molecular complexity index is 921. The molecular formula is C19H17Cl2F3N4. The van der Waals surface area contributed by atoms with Crippen LogP contribution in [0.15, 0.2) is 60.9 Å². The molecule has 3 aromatic rings. The predicted molar refractivity (Wildman–Crippen MR) is 107 cm³/mol. The normalized spacial score (nSPS) is 12.2. The molecule has 0 bridgehead atoms. The van der Waals surface area contributed by atoms with E-state index >= 15 is 0 Å². The van der Waals surface area contributed by atoms with Gasteiger partial charge in [-0.25, -0.2) is 9.97 Å². The van der Waals surface area contributed by atoms with Crippen LogP contribution in [0.1, 0.15) is 17.2 Å². The molecular weight excluding hydrogens is 412 g/mol. The van der Waals surface area contributed by atoms with E-state index in [0.717, 1.165) is 11.6 Å². The summed E-state index contributed by atoms with van der Waals surface area (Å²) in [6, 6.07) is 14.5. The van der Waals surface area contributed by atoms with Crippen molar-refractivity contribution in [2.75, 3.05) is 11.9 Å². The Hall–Kier alpha value is -2.35. The summed E-state index contributed by atoms with van der Waals surface area (Å²) in [5.74, 6) is 0.467. The molecule has 1 atom stereocenters. The number of anilines is 1. The van der Waals surface area contributed by atoms with Crippen LogP contribution in [0.25, 0.3) is 11.3 Å². The fourth-order valence-electron chi connectivity index (χ4n) is 2.55. The van der Waals surface area contributed by atoms with Crippen molar-refractivity contribution in [3.63, 3.8) is 0 Å². The largest absolute Gasteiger partial charge is 0.417 e. The van der Waals surface area contributed by atoms with E-state index in [4.69, 9.17) is 17.3 Å². The number of alkyl halides is 3. The van der Waals surface area contributed by atoms with Crippen LogP contribution in [0.5, 0.6) is 0 Å². The first kappa shape index (κ1) is 21.9. The van der Waals surface area contributed by atoms with Gasteiger partial charge in [0.05, 0.1) is 16.3 Å². The van der Waals surface area contributed by atoms with E-state index in [0.29, 0.717) is 23.6 Å². The number of nitrogens with zero attached hydrogens (tertiary/aromatic N) is 2. The number of benzene rings is 2. The minimum atomic E-state index is -4.54. The molecule has 9 heteroatoms. The maximum absolute atomic E-state index is 13.1. The highest BCUT2D eigenvalue weighted by Crippen LogP contribution is 2.37. The molecule has 3 rings (SSSR count). The number of nitrogens with two attached hydrogens (primary N) is 1. The fourth-order valence-corrected chi connectivity index (χ4v) is 2.77. The third-order valence-electron chi connectivity index (χ3n) is 3.97. The Balaban J connectivity index is 0.00000280. The molecule has 0 spiro atoms. The van der Waals surface area contributed by atoms with Gasteiger partial charge in [-0.15, -0.1) is 12.4 Å².